The lowest BCUT2D eigenvalue weighted by atomic mass is 10.2. The SMILES string of the molecule is COc1ccc(Br)cc1[C@H]1SCCN1S(=O)(=O)c1ccc(F)cc1. The van der Waals surface area contributed by atoms with E-state index in [0.29, 0.717) is 18.0 Å². The first-order valence-electron chi connectivity index (χ1n) is 7.16. The molecule has 24 heavy (non-hydrogen) atoms. The van der Waals surface area contributed by atoms with Crippen molar-refractivity contribution in [3.8, 4) is 5.75 Å². The zero-order valence-electron chi connectivity index (χ0n) is 12.8. The topological polar surface area (TPSA) is 46.6 Å². The molecule has 0 spiro atoms. The van der Waals surface area contributed by atoms with Gasteiger partial charge in [-0.3, -0.25) is 0 Å². The molecule has 1 aliphatic rings. The molecular formula is C16H15BrFNO3S2. The highest BCUT2D eigenvalue weighted by atomic mass is 79.9. The van der Waals surface area contributed by atoms with Crippen LogP contribution in [0.3, 0.4) is 0 Å². The summed E-state index contributed by atoms with van der Waals surface area (Å²) >= 11 is 4.96. The molecule has 0 bridgehead atoms. The number of nitrogens with zero attached hydrogens (tertiary/aromatic N) is 1. The second-order valence-electron chi connectivity index (χ2n) is 5.18. The van der Waals surface area contributed by atoms with E-state index in [1.807, 2.05) is 12.1 Å². The van der Waals surface area contributed by atoms with Crippen LogP contribution in [0.15, 0.2) is 51.8 Å². The van der Waals surface area contributed by atoms with Crippen molar-refractivity contribution in [2.45, 2.75) is 10.3 Å². The number of thioether (sulfide) groups is 1. The van der Waals surface area contributed by atoms with E-state index in [1.54, 1.807) is 13.2 Å². The van der Waals surface area contributed by atoms with Gasteiger partial charge in [0.2, 0.25) is 10.0 Å². The van der Waals surface area contributed by atoms with Crippen LogP contribution in [0.25, 0.3) is 0 Å². The quantitative estimate of drug-likeness (QED) is 0.732. The average molecular weight is 432 g/mol. The number of benzene rings is 2. The second-order valence-corrected chi connectivity index (χ2v) is 9.17. The number of hydrogen-bond acceptors (Lipinski definition) is 4. The fourth-order valence-corrected chi connectivity index (χ4v) is 6.21. The highest BCUT2D eigenvalue weighted by Gasteiger charge is 2.38. The molecule has 1 fully saturated rings. The summed E-state index contributed by atoms with van der Waals surface area (Å²) in [7, 11) is -2.15. The molecular weight excluding hydrogens is 417 g/mol. The Hall–Kier alpha value is -1.09. The fraction of sp³-hybridized carbons (Fsp3) is 0.250. The normalized spacial score (nSPS) is 18.7. The van der Waals surface area contributed by atoms with Crippen LogP contribution < -0.4 is 4.74 Å². The van der Waals surface area contributed by atoms with Crippen LogP contribution in [0.1, 0.15) is 10.9 Å². The van der Waals surface area contributed by atoms with Gasteiger partial charge >= 0.3 is 0 Å². The van der Waals surface area contributed by atoms with Crippen LogP contribution in [0.4, 0.5) is 4.39 Å². The van der Waals surface area contributed by atoms with E-state index in [9.17, 15) is 12.8 Å². The number of sulfonamides is 1. The highest BCUT2D eigenvalue weighted by Crippen LogP contribution is 2.45. The average Bonchev–Trinajstić information content (AvgIpc) is 3.05. The van der Waals surface area contributed by atoms with Crippen LogP contribution in [-0.4, -0.2) is 32.1 Å². The van der Waals surface area contributed by atoms with E-state index in [4.69, 9.17) is 4.74 Å². The molecule has 128 valence electrons. The van der Waals surface area contributed by atoms with Crippen molar-refractivity contribution in [2.24, 2.45) is 0 Å². The van der Waals surface area contributed by atoms with Crippen LogP contribution in [0, 0.1) is 5.82 Å². The highest BCUT2D eigenvalue weighted by molar-refractivity contribution is 9.10. The lowest BCUT2D eigenvalue weighted by Gasteiger charge is -2.25. The van der Waals surface area contributed by atoms with Gasteiger partial charge in [-0.25, -0.2) is 12.8 Å². The standard InChI is InChI=1S/C16H15BrFNO3S2/c1-22-15-7-2-11(17)10-14(15)16-19(8-9-23-16)24(20,21)13-5-3-12(18)4-6-13/h2-7,10,16H,8-9H2,1H3/t16-/m1/s1. The van der Waals surface area contributed by atoms with Crippen LogP contribution in [-0.2, 0) is 10.0 Å². The van der Waals surface area contributed by atoms with Gasteiger partial charge in [0.25, 0.3) is 0 Å². The molecule has 0 radical (unpaired) electrons. The van der Waals surface area contributed by atoms with E-state index in [-0.39, 0.29) is 10.3 Å². The smallest absolute Gasteiger partial charge is 0.244 e. The first-order valence-corrected chi connectivity index (χ1v) is 10.4. The number of rotatable bonds is 4. The summed E-state index contributed by atoms with van der Waals surface area (Å²) in [5.74, 6) is 0.854. The minimum Gasteiger partial charge on any atom is -0.496 e. The van der Waals surface area contributed by atoms with Crippen molar-refractivity contribution in [3.63, 3.8) is 0 Å². The first-order chi connectivity index (χ1) is 11.4. The van der Waals surface area contributed by atoms with Crippen LogP contribution in [0.5, 0.6) is 5.75 Å². The second kappa shape index (κ2) is 7.03. The van der Waals surface area contributed by atoms with Gasteiger partial charge in [-0.2, -0.15) is 4.31 Å². The molecule has 2 aromatic carbocycles. The van der Waals surface area contributed by atoms with Crippen molar-refractivity contribution in [3.05, 3.63) is 58.3 Å². The van der Waals surface area contributed by atoms with Gasteiger partial charge in [0, 0.05) is 22.3 Å². The third-order valence-corrected chi connectivity index (χ3v) is 7.47. The Morgan fingerprint density at radius 1 is 1.25 bits per heavy atom. The van der Waals surface area contributed by atoms with E-state index >= 15 is 0 Å². The van der Waals surface area contributed by atoms with Crippen molar-refractivity contribution >= 4 is 37.7 Å². The Kier molecular flexibility index (Phi) is 5.19. The molecule has 8 heteroatoms. The Morgan fingerprint density at radius 3 is 2.62 bits per heavy atom. The summed E-state index contributed by atoms with van der Waals surface area (Å²) in [6.45, 7) is 0.394. The predicted molar refractivity (Wildman–Crippen MR) is 96.2 cm³/mol. The molecule has 2 aromatic rings. The van der Waals surface area contributed by atoms with Crippen molar-refractivity contribution in [2.75, 3.05) is 19.4 Å². The molecule has 1 aliphatic heterocycles. The molecule has 0 unspecified atom stereocenters. The van der Waals surface area contributed by atoms with Gasteiger partial charge in [-0.1, -0.05) is 15.9 Å². The summed E-state index contributed by atoms with van der Waals surface area (Å²) in [5, 5.41) is -0.382. The lowest BCUT2D eigenvalue weighted by molar-refractivity contribution is 0.390. The Labute approximate surface area is 153 Å². The molecule has 1 heterocycles. The summed E-state index contributed by atoms with van der Waals surface area (Å²) in [5.41, 5.74) is 0.792. The Morgan fingerprint density at radius 2 is 1.96 bits per heavy atom. The van der Waals surface area contributed by atoms with E-state index in [0.717, 1.165) is 22.2 Å². The Balaban J connectivity index is 2.02. The number of methoxy groups -OCH3 is 1. The predicted octanol–water partition coefficient (Wildman–Crippen LogP) is 4.03. The molecule has 1 atom stereocenters. The maximum Gasteiger partial charge on any atom is 0.244 e. The molecule has 4 nitrogen and oxygen atoms in total. The first kappa shape index (κ1) is 17.7. The minimum absolute atomic E-state index is 0.0883. The molecule has 0 N–H and O–H groups in total. The van der Waals surface area contributed by atoms with Gasteiger partial charge in [-0.05, 0) is 42.5 Å². The zero-order chi connectivity index (χ0) is 17.3. The van der Waals surface area contributed by atoms with Crippen LogP contribution >= 0.6 is 27.7 Å². The van der Waals surface area contributed by atoms with Gasteiger partial charge < -0.3 is 4.74 Å². The van der Waals surface area contributed by atoms with Crippen molar-refractivity contribution in [1.82, 2.24) is 4.31 Å². The summed E-state index contributed by atoms with van der Waals surface area (Å²) < 4.78 is 46.7. The van der Waals surface area contributed by atoms with Gasteiger partial charge in [0.15, 0.2) is 0 Å². The molecule has 1 saturated heterocycles. The molecule has 0 amide bonds. The monoisotopic (exact) mass is 431 g/mol. The third kappa shape index (κ3) is 3.33. The largest absolute Gasteiger partial charge is 0.496 e. The third-order valence-electron chi connectivity index (χ3n) is 3.73. The number of ether oxygens (including phenoxy) is 1. The van der Waals surface area contributed by atoms with Crippen molar-refractivity contribution < 1.29 is 17.5 Å². The lowest BCUT2D eigenvalue weighted by Crippen LogP contribution is -2.30. The number of hydrogen-bond donors (Lipinski definition) is 0. The van der Waals surface area contributed by atoms with Gasteiger partial charge in [-0.15, -0.1) is 11.8 Å². The maximum absolute atomic E-state index is 13.1. The molecule has 0 aromatic heterocycles. The number of halogens is 2. The summed E-state index contributed by atoms with van der Waals surface area (Å²) in [4.78, 5) is 0.0883. The van der Waals surface area contributed by atoms with E-state index < -0.39 is 15.8 Å². The summed E-state index contributed by atoms with van der Waals surface area (Å²) in [6, 6.07) is 10.4. The van der Waals surface area contributed by atoms with E-state index in [1.165, 1.54) is 28.2 Å². The molecule has 0 aliphatic carbocycles. The summed E-state index contributed by atoms with van der Waals surface area (Å²) in [6.07, 6.45) is 0. The molecule has 3 rings (SSSR count). The van der Waals surface area contributed by atoms with E-state index in [2.05, 4.69) is 15.9 Å². The van der Waals surface area contributed by atoms with Gasteiger partial charge in [0.1, 0.15) is 11.6 Å². The van der Waals surface area contributed by atoms with Crippen molar-refractivity contribution in [1.29, 1.82) is 0 Å². The maximum atomic E-state index is 13.1. The minimum atomic E-state index is -3.72. The molecule has 0 saturated carbocycles. The van der Waals surface area contributed by atoms with Gasteiger partial charge in [0.05, 0.1) is 17.4 Å². The fourth-order valence-electron chi connectivity index (χ4n) is 2.59. The Bertz CT molecular complexity index is 843. The van der Waals surface area contributed by atoms with Crippen LogP contribution in [0.2, 0.25) is 0 Å². The zero-order valence-corrected chi connectivity index (χ0v) is 16.0.